The first kappa shape index (κ1) is 19.6. The van der Waals surface area contributed by atoms with Crippen LogP contribution in [0.2, 0.25) is 0 Å². The normalized spacial score (nSPS) is 15.3. The molecule has 0 saturated heterocycles. The maximum Gasteiger partial charge on any atom is 0.240 e. The van der Waals surface area contributed by atoms with Crippen molar-refractivity contribution in [3.8, 4) is 0 Å². The molecule has 1 saturated carbocycles. The molecule has 0 spiro atoms. The Bertz CT molecular complexity index is 707. The molecule has 0 atom stereocenters. The number of hydrogen-bond donors (Lipinski definition) is 1. The molecule has 1 fully saturated rings. The van der Waals surface area contributed by atoms with E-state index >= 15 is 0 Å². The summed E-state index contributed by atoms with van der Waals surface area (Å²) in [5, 5.41) is 0. The van der Waals surface area contributed by atoms with Gasteiger partial charge in [0.2, 0.25) is 15.9 Å². The van der Waals surface area contributed by atoms with Crippen LogP contribution in [-0.2, 0) is 14.8 Å². The molecule has 1 aromatic carbocycles. The lowest BCUT2D eigenvalue weighted by atomic mass is 10.1. The van der Waals surface area contributed by atoms with Gasteiger partial charge in [-0.05, 0) is 37.8 Å². The fraction of sp³-hybridized carbons (Fsp3) is 0.556. The molecule has 0 aromatic heterocycles. The standard InChI is InChI=1S/C18H26N2O4S/c1-14(21)16-7-9-17(10-8-16)25(23,24)19-12-11-18(22)20(2)13-15-5-3-4-6-15/h7-10,15,19H,3-6,11-13H2,1-2H3. The average molecular weight is 366 g/mol. The summed E-state index contributed by atoms with van der Waals surface area (Å²) in [7, 11) is -1.91. The minimum Gasteiger partial charge on any atom is -0.345 e. The van der Waals surface area contributed by atoms with E-state index in [0.717, 1.165) is 6.54 Å². The molecule has 6 nitrogen and oxygen atoms in total. The summed E-state index contributed by atoms with van der Waals surface area (Å²) in [6, 6.07) is 5.76. The first-order valence-corrected chi connectivity index (χ1v) is 10.1. The molecule has 2 rings (SSSR count). The van der Waals surface area contributed by atoms with Crippen molar-refractivity contribution in [1.82, 2.24) is 9.62 Å². The van der Waals surface area contributed by atoms with Crippen molar-refractivity contribution in [3.63, 3.8) is 0 Å². The minimum atomic E-state index is -3.68. The number of carbonyl (C=O) groups is 2. The van der Waals surface area contributed by atoms with E-state index in [9.17, 15) is 18.0 Å². The SMILES string of the molecule is CC(=O)c1ccc(S(=O)(=O)NCCC(=O)N(C)CC2CCCC2)cc1. The van der Waals surface area contributed by atoms with Crippen LogP contribution in [0.25, 0.3) is 0 Å². The van der Waals surface area contributed by atoms with E-state index in [1.165, 1.54) is 56.9 Å². The van der Waals surface area contributed by atoms with Crippen LogP contribution < -0.4 is 4.72 Å². The largest absolute Gasteiger partial charge is 0.345 e. The van der Waals surface area contributed by atoms with Crippen molar-refractivity contribution in [3.05, 3.63) is 29.8 Å². The summed E-state index contributed by atoms with van der Waals surface area (Å²) >= 11 is 0. The van der Waals surface area contributed by atoms with Gasteiger partial charge in [0.15, 0.2) is 5.78 Å². The van der Waals surface area contributed by atoms with Crippen molar-refractivity contribution in [2.24, 2.45) is 5.92 Å². The van der Waals surface area contributed by atoms with Gasteiger partial charge in [-0.25, -0.2) is 13.1 Å². The molecule has 1 N–H and O–H groups in total. The first-order valence-electron chi connectivity index (χ1n) is 8.64. The molecule has 138 valence electrons. The number of nitrogens with zero attached hydrogens (tertiary/aromatic N) is 1. The number of ketones is 1. The quantitative estimate of drug-likeness (QED) is 0.715. The number of carbonyl (C=O) groups excluding carboxylic acids is 2. The van der Waals surface area contributed by atoms with E-state index in [1.807, 2.05) is 0 Å². The van der Waals surface area contributed by atoms with Gasteiger partial charge in [0, 0.05) is 32.1 Å². The van der Waals surface area contributed by atoms with Crippen LogP contribution >= 0.6 is 0 Å². The molecule has 0 aliphatic heterocycles. The van der Waals surface area contributed by atoms with E-state index in [1.54, 1.807) is 11.9 Å². The monoisotopic (exact) mass is 366 g/mol. The number of amides is 1. The summed E-state index contributed by atoms with van der Waals surface area (Å²) in [6.07, 6.45) is 4.93. The zero-order chi connectivity index (χ0) is 18.4. The van der Waals surface area contributed by atoms with Crippen LogP contribution in [0.5, 0.6) is 0 Å². The van der Waals surface area contributed by atoms with Crippen molar-refractivity contribution < 1.29 is 18.0 Å². The molecule has 1 amide bonds. The van der Waals surface area contributed by atoms with Gasteiger partial charge >= 0.3 is 0 Å². The molecule has 7 heteroatoms. The number of hydrogen-bond acceptors (Lipinski definition) is 4. The summed E-state index contributed by atoms with van der Waals surface area (Å²) in [5.74, 6) is 0.403. The Labute approximate surface area is 149 Å². The Morgan fingerprint density at radius 1 is 1.16 bits per heavy atom. The molecule has 0 bridgehead atoms. The highest BCUT2D eigenvalue weighted by Gasteiger charge is 2.20. The van der Waals surface area contributed by atoms with Gasteiger partial charge in [-0.1, -0.05) is 25.0 Å². The Balaban J connectivity index is 1.82. The van der Waals surface area contributed by atoms with E-state index in [2.05, 4.69) is 4.72 Å². The maximum atomic E-state index is 12.2. The predicted molar refractivity (Wildman–Crippen MR) is 95.8 cm³/mol. The number of benzene rings is 1. The second-order valence-corrected chi connectivity index (χ2v) is 8.42. The van der Waals surface area contributed by atoms with Crippen LogP contribution in [-0.4, -0.2) is 45.1 Å². The zero-order valence-corrected chi connectivity index (χ0v) is 15.6. The van der Waals surface area contributed by atoms with Crippen molar-refractivity contribution >= 4 is 21.7 Å². The van der Waals surface area contributed by atoms with Crippen LogP contribution in [0.15, 0.2) is 29.2 Å². The Kier molecular flexibility index (Phi) is 6.72. The fourth-order valence-electron chi connectivity index (χ4n) is 3.12. The summed E-state index contributed by atoms with van der Waals surface area (Å²) in [6.45, 7) is 2.23. The second-order valence-electron chi connectivity index (χ2n) is 6.65. The summed E-state index contributed by atoms with van der Waals surface area (Å²) in [5.41, 5.74) is 0.461. The van der Waals surface area contributed by atoms with Crippen molar-refractivity contribution in [2.45, 2.75) is 43.9 Å². The summed E-state index contributed by atoms with van der Waals surface area (Å²) < 4.78 is 26.9. The molecule has 0 unspecified atom stereocenters. The first-order chi connectivity index (χ1) is 11.8. The molecule has 1 aliphatic rings. The minimum absolute atomic E-state index is 0.0541. The fourth-order valence-corrected chi connectivity index (χ4v) is 4.15. The maximum absolute atomic E-state index is 12.2. The van der Waals surface area contributed by atoms with Gasteiger partial charge < -0.3 is 4.90 Å². The van der Waals surface area contributed by atoms with E-state index in [0.29, 0.717) is 11.5 Å². The third-order valence-corrected chi connectivity index (χ3v) is 6.11. The van der Waals surface area contributed by atoms with Crippen molar-refractivity contribution in [1.29, 1.82) is 0 Å². The highest BCUT2D eigenvalue weighted by molar-refractivity contribution is 7.89. The van der Waals surface area contributed by atoms with E-state index in [4.69, 9.17) is 0 Å². The molecule has 0 heterocycles. The predicted octanol–water partition coefficient (Wildman–Crippen LogP) is 2.21. The van der Waals surface area contributed by atoms with Gasteiger partial charge in [-0.2, -0.15) is 0 Å². The van der Waals surface area contributed by atoms with Gasteiger partial charge in [-0.15, -0.1) is 0 Å². The Morgan fingerprint density at radius 3 is 2.32 bits per heavy atom. The van der Waals surface area contributed by atoms with Crippen LogP contribution in [0.1, 0.15) is 49.4 Å². The lowest BCUT2D eigenvalue weighted by Gasteiger charge is -2.21. The Hall–Kier alpha value is -1.73. The lowest BCUT2D eigenvalue weighted by molar-refractivity contribution is -0.130. The van der Waals surface area contributed by atoms with Gasteiger partial charge in [-0.3, -0.25) is 9.59 Å². The Morgan fingerprint density at radius 2 is 1.76 bits per heavy atom. The zero-order valence-electron chi connectivity index (χ0n) is 14.8. The third kappa shape index (κ3) is 5.64. The number of sulfonamides is 1. The van der Waals surface area contributed by atoms with Gasteiger partial charge in [0.05, 0.1) is 4.90 Å². The number of rotatable bonds is 8. The topological polar surface area (TPSA) is 83.5 Å². The molecule has 1 aliphatic carbocycles. The number of nitrogens with one attached hydrogen (secondary N) is 1. The lowest BCUT2D eigenvalue weighted by Crippen LogP contribution is -2.34. The molecular formula is C18H26N2O4S. The molecule has 25 heavy (non-hydrogen) atoms. The van der Waals surface area contributed by atoms with Gasteiger partial charge in [0.25, 0.3) is 0 Å². The highest BCUT2D eigenvalue weighted by Crippen LogP contribution is 2.25. The second kappa shape index (κ2) is 8.58. The van der Waals surface area contributed by atoms with E-state index < -0.39 is 10.0 Å². The number of Topliss-reactive ketones (excluding diaryl/α,β-unsaturated/α-hetero) is 1. The van der Waals surface area contributed by atoms with Crippen molar-refractivity contribution in [2.75, 3.05) is 20.1 Å². The van der Waals surface area contributed by atoms with Crippen LogP contribution in [0.4, 0.5) is 0 Å². The molecular weight excluding hydrogens is 340 g/mol. The molecule has 1 aromatic rings. The van der Waals surface area contributed by atoms with Crippen LogP contribution in [0, 0.1) is 5.92 Å². The summed E-state index contributed by atoms with van der Waals surface area (Å²) in [4.78, 5) is 25.1. The molecule has 0 radical (unpaired) electrons. The third-order valence-electron chi connectivity index (χ3n) is 4.63. The highest BCUT2D eigenvalue weighted by atomic mass is 32.2. The van der Waals surface area contributed by atoms with Crippen LogP contribution in [0.3, 0.4) is 0 Å². The van der Waals surface area contributed by atoms with Gasteiger partial charge in [0.1, 0.15) is 0 Å². The smallest absolute Gasteiger partial charge is 0.240 e. The average Bonchev–Trinajstić information content (AvgIpc) is 3.07. The van der Waals surface area contributed by atoms with E-state index in [-0.39, 0.29) is 29.6 Å².